The Bertz CT molecular complexity index is 126. The van der Waals surface area contributed by atoms with E-state index in [9.17, 15) is 0 Å². The van der Waals surface area contributed by atoms with Crippen LogP contribution < -0.4 is 5.73 Å². The molecule has 72 valence electrons. The molecule has 0 aromatic carbocycles. The molecule has 3 N–H and O–H groups in total. The number of nitrogens with two attached hydrogens (primary N) is 1. The lowest BCUT2D eigenvalue weighted by Crippen LogP contribution is -2.39. The summed E-state index contributed by atoms with van der Waals surface area (Å²) in [5, 5.41) is 8.96. The molecule has 0 aromatic heterocycles. The predicted octanol–water partition coefficient (Wildman–Crippen LogP) is 0.511. The van der Waals surface area contributed by atoms with E-state index in [2.05, 4.69) is 0 Å². The van der Waals surface area contributed by atoms with Gasteiger partial charge in [0.25, 0.3) is 0 Å². The third-order valence-corrected chi connectivity index (χ3v) is 2.37. The smallest absolute Gasteiger partial charge is 0.0956 e. The van der Waals surface area contributed by atoms with Crippen LogP contribution >= 0.6 is 0 Å². The van der Waals surface area contributed by atoms with E-state index in [0.29, 0.717) is 0 Å². The van der Waals surface area contributed by atoms with Crippen LogP contribution in [0.5, 0.6) is 0 Å². The van der Waals surface area contributed by atoms with Gasteiger partial charge in [0.15, 0.2) is 0 Å². The summed E-state index contributed by atoms with van der Waals surface area (Å²) in [7, 11) is 0. The summed E-state index contributed by atoms with van der Waals surface area (Å²) < 4.78 is 5.49. The minimum absolute atomic E-state index is 0.0197. The highest BCUT2D eigenvalue weighted by Gasteiger charge is 2.24. The van der Waals surface area contributed by atoms with Crippen molar-refractivity contribution in [1.29, 1.82) is 0 Å². The van der Waals surface area contributed by atoms with E-state index in [1.165, 1.54) is 12.8 Å². The zero-order valence-electron chi connectivity index (χ0n) is 7.70. The molecular weight excluding hydrogens is 154 g/mol. The van der Waals surface area contributed by atoms with Gasteiger partial charge in [-0.2, -0.15) is 0 Å². The van der Waals surface area contributed by atoms with Crippen molar-refractivity contribution in [3.05, 3.63) is 0 Å². The molecule has 2 atom stereocenters. The lowest BCUT2D eigenvalue weighted by molar-refractivity contribution is -0.00783. The quantitative estimate of drug-likeness (QED) is 0.615. The average Bonchev–Trinajstić information content (AvgIpc) is 2.88. The third kappa shape index (κ3) is 3.09. The molecule has 0 aliphatic heterocycles. The molecule has 1 aliphatic carbocycles. The molecule has 3 nitrogen and oxygen atoms in total. The fraction of sp³-hybridized carbons (Fsp3) is 1.00. The van der Waals surface area contributed by atoms with Gasteiger partial charge in [-0.1, -0.05) is 6.92 Å². The van der Waals surface area contributed by atoms with Crippen molar-refractivity contribution >= 4 is 0 Å². The van der Waals surface area contributed by atoms with Gasteiger partial charge < -0.3 is 15.6 Å². The van der Waals surface area contributed by atoms with E-state index in [4.69, 9.17) is 15.6 Å². The first-order chi connectivity index (χ1) is 5.77. The molecule has 0 spiro atoms. The molecular formula is C9H19NO2. The summed E-state index contributed by atoms with van der Waals surface area (Å²) in [5.74, 6) is 0.739. The zero-order chi connectivity index (χ0) is 8.97. The number of aliphatic hydroxyl groups is 1. The van der Waals surface area contributed by atoms with E-state index < -0.39 is 0 Å². The zero-order valence-corrected chi connectivity index (χ0v) is 7.70. The molecule has 1 fully saturated rings. The first-order valence-corrected chi connectivity index (χ1v) is 4.76. The van der Waals surface area contributed by atoms with Gasteiger partial charge >= 0.3 is 0 Å². The van der Waals surface area contributed by atoms with Gasteiger partial charge in [-0.3, -0.25) is 0 Å². The van der Waals surface area contributed by atoms with Gasteiger partial charge in [0, 0.05) is 12.6 Å². The lowest BCUT2D eigenvalue weighted by atomic mass is 10.1. The third-order valence-electron chi connectivity index (χ3n) is 2.37. The second-order valence-corrected chi connectivity index (χ2v) is 3.57. The van der Waals surface area contributed by atoms with Crippen LogP contribution in [0.4, 0.5) is 0 Å². The summed E-state index contributed by atoms with van der Waals surface area (Å²) in [6, 6.07) is -0.0197. The maximum atomic E-state index is 8.96. The van der Waals surface area contributed by atoms with Crippen LogP contribution in [-0.4, -0.2) is 30.5 Å². The fourth-order valence-corrected chi connectivity index (χ4v) is 1.12. The van der Waals surface area contributed by atoms with Crippen LogP contribution in [0, 0.1) is 5.92 Å². The highest BCUT2D eigenvalue weighted by atomic mass is 16.5. The van der Waals surface area contributed by atoms with E-state index in [1.54, 1.807) is 0 Å². The standard InChI is InChI=1S/C9H19NO2/c1-2-8(10)9(5-11)12-6-7-3-4-7/h7-9,11H,2-6,10H2,1H3. The van der Waals surface area contributed by atoms with Crippen molar-refractivity contribution in [1.82, 2.24) is 0 Å². The van der Waals surface area contributed by atoms with Crippen LogP contribution in [0.2, 0.25) is 0 Å². The summed E-state index contributed by atoms with van der Waals surface area (Å²) in [4.78, 5) is 0. The number of aliphatic hydroxyl groups excluding tert-OH is 1. The molecule has 0 heterocycles. The Kier molecular flexibility index (Phi) is 3.98. The van der Waals surface area contributed by atoms with Crippen molar-refractivity contribution in [2.24, 2.45) is 11.7 Å². The first kappa shape index (κ1) is 9.96. The van der Waals surface area contributed by atoms with Crippen molar-refractivity contribution in [3.8, 4) is 0 Å². The fourth-order valence-electron chi connectivity index (χ4n) is 1.12. The maximum Gasteiger partial charge on any atom is 0.0956 e. The van der Waals surface area contributed by atoms with E-state index in [0.717, 1.165) is 18.9 Å². The summed E-state index contributed by atoms with van der Waals surface area (Å²) in [6.45, 7) is 2.83. The maximum absolute atomic E-state index is 8.96. The van der Waals surface area contributed by atoms with Gasteiger partial charge in [0.05, 0.1) is 12.7 Å². The van der Waals surface area contributed by atoms with E-state index >= 15 is 0 Å². The Balaban J connectivity index is 2.13. The number of hydrogen-bond acceptors (Lipinski definition) is 3. The molecule has 0 aromatic rings. The Hall–Kier alpha value is -0.120. The van der Waals surface area contributed by atoms with Gasteiger partial charge in [-0.25, -0.2) is 0 Å². The Morgan fingerprint density at radius 3 is 2.67 bits per heavy atom. The Morgan fingerprint density at radius 1 is 1.58 bits per heavy atom. The van der Waals surface area contributed by atoms with Crippen LogP contribution in [0.3, 0.4) is 0 Å². The number of hydrogen-bond donors (Lipinski definition) is 2. The molecule has 1 rings (SSSR count). The normalized spacial score (nSPS) is 22.2. The van der Waals surface area contributed by atoms with E-state index in [1.807, 2.05) is 6.92 Å². The topological polar surface area (TPSA) is 55.5 Å². The molecule has 0 amide bonds. The van der Waals surface area contributed by atoms with Gasteiger partial charge in [-0.05, 0) is 25.2 Å². The molecule has 2 unspecified atom stereocenters. The second-order valence-electron chi connectivity index (χ2n) is 3.57. The van der Waals surface area contributed by atoms with Crippen LogP contribution in [-0.2, 0) is 4.74 Å². The van der Waals surface area contributed by atoms with Gasteiger partial charge in [0.2, 0.25) is 0 Å². The molecule has 1 aliphatic rings. The van der Waals surface area contributed by atoms with Crippen molar-refractivity contribution in [3.63, 3.8) is 0 Å². The number of ether oxygens (including phenoxy) is 1. The molecule has 0 bridgehead atoms. The van der Waals surface area contributed by atoms with Crippen LogP contribution in [0.15, 0.2) is 0 Å². The second kappa shape index (κ2) is 4.80. The Morgan fingerprint density at radius 2 is 2.25 bits per heavy atom. The lowest BCUT2D eigenvalue weighted by Gasteiger charge is -2.20. The minimum Gasteiger partial charge on any atom is -0.394 e. The highest BCUT2D eigenvalue weighted by molar-refractivity contribution is 4.76. The summed E-state index contributed by atoms with van der Waals surface area (Å²) >= 11 is 0. The molecule has 12 heavy (non-hydrogen) atoms. The summed E-state index contributed by atoms with van der Waals surface area (Å²) in [5.41, 5.74) is 5.75. The monoisotopic (exact) mass is 173 g/mol. The van der Waals surface area contributed by atoms with Crippen LogP contribution in [0.25, 0.3) is 0 Å². The molecule has 0 saturated heterocycles. The first-order valence-electron chi connectivity index (χ1n) is 4.76. The van der Waals surface area contributed by atoms with Crippen LogP contribution in [0.1, 0.15) is 26.2 Å². The van der Waals surface area contributed by atoms with Crippen molar-refractivity contribution < 1.29 is 9.84 Å². The molecule has 1 saturated carbocycles. The predicted molar refractivity (Wildman–Crippen MR) is 47.8 cm³/mol. The minimum atomic E-state index is -0.157. The van der Waals surface area contributed by atoms with Crippen molar-refractivity contribution in [2.75, 3.05) is 13.2 Å². The molecule has 3 heteroatoms. The van der Waals surface area contributed by atoms with Crippen molar-refractivity contribution in [2.45, 2.75) is 38.3 Å². The highest BCUT2D eigenvalue weighted by Crippen LogP contribution is 2.29. The Labute approximate surface area is 73.9 Å². The molecule has 0 radical (unpaired) electrons. The SMILES string of the molecule is CCC(N)C(CO)OCC1CC1. The average molecular weight is 173 g/mol. The van der Waals surface area contributed by atoms with Gasteiger partial charge in [-0.15, -0.1) is 0 Å². The summed E-state index contributed by atoms with van der Waals surface area (Å²) in [6.07, 6.45) is 3.25. The largest absolute Gasteiger partial charge is 0.394 e. The van der Waals surface area contributed by atoms with Gasteiger partial charge in [0.1, 0.15) is 0 Å². The number of rotatable bonds is 6. The van der Waals surface area contributed by atoms with E-state index in [-0.39, 0.29) is 18.8 Å².